The molecule has 0 amide bonds. The molecule has 1 unspecified atom stereocenters. The van der Waals surface area contributed by atoms with E-state index in [1.165, 1.54) is 6.07 Å². The number of benzene rings is 1. The third kappa shape index (κ3) is 2.44. The highest BCUT2D eigenvalue weighted by Crippen LogP contribution is 2.26. The third-order valence-electron chi connectivity index (χ3n) is 2.54. The summed E-state index contributed by atoms with van der Waals surface area (Å²) in [5.74, 6) is 0. The van der Waals surface area contributed by atoms with Crippen LogP contribution in [0.15, 0.2) is 30.5 Å². The van der Waals surface area contributed by atoms with Gasteiger partial charge in [0.25, 0.3) is 5.69 Å². The van der Waals surface area contributed by atoms with Gasteiger partial charge in [0.2, 0.25) is 0 Å². The number of hydrogen-bond donors (Lipinski definition) is 0. The van der Waals surface area contributed by atoms with E-state index < -0.39 is 4.92 Å². The number of pyridine rings is 1. The fourth-order valence-electron chi connectivity index (χ4n) is 1.85. The van der Waals surface area contributed by atoms with Crippen LogP contribution in [0.2, 0.25) is 0 Å². The second-order valence-corrected chi connectivity index (χ2v) is 5.45. The van der Waals surface area contributed by atoms with Crippen molar-refractivity contribution >= 4 is 32.5 Å². The Morgan fingerprint density at radius 3 is 2.88 bits per heavy atom. The number of rotatable bonds is 3. The predicted molar refractivity (Wildman–Crippen MR) is 70.5 cm³/mol. The zero-order valence-corrected chi connectivity index (χ0v) is 10.8. The summed E-state index contributed by atoms with van der Waals surface area (Å²) in [5, 5.41) is 11.8. The summed E-state index contributed by atoms with van der Waals surface area (Å²) < 4.78 is 0. The van der Waals surface area contributed by atoms with Crippen LogP contribution in [0.1, 0.15) is 12.5 Å². The number of nitrogens with zero attached hydrogens (tertiary/aromatic N) is 2. The van der Waals surface area contributed by atoms with Gasteiger partial charge in [-0.2, -0.15) is 0 Å². The SMILES string of the molecule is CC(Br)Cc1ccnc2c([N+](=O)[O-])cccc12. The van der Waals surface area contributed by atoms with Crippen LogP contribution in [0.3, 0.4) is 0 Å². The highest BCUT2D eigenvalue weighted by molar-refractivity contribution is 9.09. The summed E-state index contributed by atoms with van der Waals surface area (Å²) in [4.78, 5) is 15.0. The van der Waals surface area contributed by atoms with Crippen molar-refractivity contribution in [1.29, 1.82) is 0 Å². The maximum absolute atomic E-state index is 10.9. The Hall–Kier alpha value is -1.49. The number of para-hydroxylation sites is 1. The molecule has 0 spiro atoms. The van der Waals surface area contributed by atoms with Crippen molar-refractivity contribution in [2.24, 2.45) is 0 Å². The largest absolute Gasteiger partial charge is 0.295 e. The van der Waals surface area contributed by atoms with Crippen molar-refractivity contribution in [2.75, 3.05) is 0 Å². The highest BCUT2D eigenvalue weighted by atomic mass is 79.9. The second-order valence-electron chi connectivity index (χ2n) is 3.89. The van der Waals surface area contributed by atoms with Crippen LogP contribution in [0.5, 0.6) is 0 Å². The van der Waals surface area contributed by atoms with Crippen molar-refractivity contribution < 1.29 is 4.92 Å². The summed E-state index contributed by atoms with van der Waals surface area (Å²) in [5.41, 5.74) is 1.60. The molecule has 0 aliphatic heterocycles. The molecule has 0 aliphatic rings. The summed E-state index contributed by atoms with van der Waals surface area (Å²) in [7, 11) is 0. The first kappa shape index (κ1) is 12.0. The van der Waals surface area contributed by atoms with Gasteiger partial charge in [0.15, 0.2) is 0 Å². The first-order valence-electron chi connectivity index (χ1n) is 5.24. The number of nitro benzene ring substituents is 1. The molecule has 0 saturated carbocycles. The second kappa shape index (κ2) is 4.79. The Balaban J connectivity index is 2.65. The molecule has 2 aromatic rings. The van der Waals surface area contributed by atoms with Gasteiger partial charge in [-0.05, 0) is 18.1 Å². The smallest absolute Gasteiger partial charge is 0.258 e. The monoisotopic (exact) mass is 294 g/mol. The Morgan fingerprint density at radius 1 is 1.47 bits per heavy atom. The van der Waals surface area contributed by atoms with Crippen LogP contribution in [-0.2, 0) is 6.42 Å². The van der Waals surface area contributed by atoms with E-state index in [4.69, 9.17) is 0 Å². The average molecular weight is 295 g/mol. The highest BCUT2D eigenvalue weighted by Gasteiger charge is 2.14. The van der Waals surface area contributed by atoms with Crippen LogP contribution < -0.4 is 0 Å². The number of fused-ring (bicyclic) bond motifs is 1. The normalized spacial score (nSPS) is 12.6. The lowest BCUT2D eigenvalue weighted by Crippen LogP contribution is -1.99. The molecule has 0 fully saturated rings. The summed E-state index contributed by atoms with van der Waals surface area (Å²) >= 11 is 3.49. The minimum atomic E-state index is -0.392. The molecular formula is C12H11BrN2O2. The van der Waals surface area contributed by atoms with Gasteiger partial charge in [0.05, 0.1) is 4.92 Å². The van der Waals surface area contributed by atoms with Gasteiger partial charge in [-0.15, -0.1) is 0 Å². The number of alkyl halides is 1. The van der Waals surface area contributed by atoms with E-state index >= 15 is 0 Å². The molecule has 88 valence electrons. The van der Waals surface area contributed by atoms with Crippen molar-refractivity contribution in [3.63, 3.8) is 0 Å². The lowest BCUT2D eigenvalue weighted by atomic mass is 10.0. The molecule has 1 atom stereocenters. The van der Waals surface area contributed by atoms with E-state index in [1.807, 2.05) is 19.1 Å². The van der Waals surface area contributed by atoms with Crippen molar-refractivity contribution in [2.45, 2.75) is 18.2 Å². The van der Waals surface area contributed by atoms with Gasteiger partial charge in [0, 0.05) is 22.5 Å². The first-order valence-corrected chi connectivity index (χ1v) is 6.16. The minimum Gasteiger partial charge on any atom is -0.258 e. The standard InChI is InChI=1S/C12H11BrN2O2/c1-8(13)7-9-5-6-14-12-10(9)3-2-4-11(12)15(16)17/h2-6,8H,7H2,1H3. The van der Waals surface area contributed by atoms with E-state index in [0.717, 1.165) is 17.4 Å². The molecular weight excluding hydrogens is 284 g/mol. The van der Waals surface area contributed by atoms with Crippen molar-refractivity contribution in [3.05, 3.63) is 46.1 Å². The molecule has 0 bridgehead atoms. The number of hydrogen-bond acceptors (Lipinski definition) is 3. The number of aromatic nitrogens is 1. The van der Waals surface area contributed by atoms with E-state index in [9.17, 15) is 10.1 Å². The minimum absolute atomic E-state index is 0.0616. The summed E-state index contributed by atoms with van der Waals surface area (Å²) in [6, 6.07) is 6.96. The van der Waals surface area contributed by atoms with Crippen LogP contribution in [-0.4, -0.2) is 14.7 Å². The Bertz CT molecular complexity index is 569. The summed E-state index contributed by atoms with van der Waals surface area (Å²) in [6.45, 7) is 2.05. The maximum atomic E-state index is 10.9. The number of nitro groups is 1. The molecule has 1 aromatic heterocycles. The molecule has 1 aromatic carbocycles. The molecule has 0 radical (unpaired) electrons. The van der Waals surface area contributed by atoms with E-state index in [1.54, 1.807) is 12.3 Å². The maximum Gasteiger partial charge on any atom is 0.295 e. The van der Waals surface area contributed by atoms with Crippen LogP contribution in [0.4, 0.5) is 5.69 Å². The van der Waals surface area contributed by atoms with Crippen LogP contribution >= 0.6 is 15.9 Å². The molecule has 4 nitrogen and oxygen atoms in total. The summed E-state index contributed by atoms with van der Waals surface area (Å²) in [6.07, 6.45) is 2.44. The van der Waals surface area contributed by atoms with E-state index in [2.05, 4.69) is 20.9 Å². The lowest BCUT2D eigenvalue weighted by Gasteiger charge is -2.07. The molecule has 0 saturated heterocycles. The lowest BCUT2D eigenvalue weighted by molar-refractivity contribution is -0.383. The Kier molecular flexibility index (Phi) is 3.38. The first-order chi connectivity index (χ1) is 8.09. The van der Waals surface area contributed by atoms with Crippen LogP contribution in [0.25, 0.3) is 10.9 Å². The van der Waals surface area contributed by atoms with Gasteiger partial charge < -0.3 is 0 Å². The van der Waals surface area contributed by atoms with Gasteiger partial charge in [-0.25, -0.2) is 4.98 Å². The van der Waals surface area contributed by atoms with Gasteiger partial charge in [-0.3, -0.25) is 10.1 Å². The van der Waals surface area contributed by atoms with Crippen molar-refractivity contribution in [1.82, 2.24) is 4.98 Å². The molecule has 0 aliphatic carbocycles. The Morgan fingerprint density at radius 2 is 2.24 bits per heavy atom. The van der Waals surface area contributed by atoms with Crippen LogP contribution in [0, 0.1) is 10.1 Å². The van der Waals surface area contributed by atoms with Gasteiger partial charge >= 0.3 is 0 Å². The van der Waals surface area contributed by atoms with Gasteiger partial charge in [-0.1, -0.05) is 35.0 Å². The average Bonchev–Trinajstić information content (AvgIpc) is 2.28. The number of halogens is 1. The van der Waals surface area contributed by atoms with E-state index in [0.29, 0.717) is 10.3 Å². The van der Waals surface area contributed by atoms with Gasteiger partial charge in [0.1, 0.15) is 5.52 Å². The topological polar surface area (TPSA) is 56.0 Å². The zero-order valence-electron chi connectivity index (χ0n) is 9.26. The predicted octanol–water partition coefficient (Wildman–Crippen LogP) is 3.47. The Labute approximate surface area is 107 Å². The quantitative estimate of drug-likeness (QED) is 0.495. The molecule has 1 heterocycles. The number of non-ortho nitro benzene ring substituents is 1. The zero-order chi connectivity index (χ0) is 12.4. The molecule has 2 rings (SSSR count). The van der Waals surface area contributed by atoms with E-state index in [-0.39, 0.29) is 5.69 Å². The fraction of sp³-hybridized carbons (Fsp3) is 0.250. The fourth-order valence-corrected chi connectivity index (χ4v) is 2.19. The molecule has 17 heavy (non-hydrogen) atoms. The third-order valence-corrected chi connectivity index (χ3v) is 2.86. The molecule has 0 N–H and O–H groups in total. The van der Waals surface area contributed by atoms with Crippen molar-refractivity contribution in [3.8, 4) is 0 Å². The molecule has 5 heteroatoms.